The third-order valence-electron chi connectivity index (χ3n) is 3.68. The number of rotatable bonds is 4. The largest absolute Gasteiger partial charge is 0.319 e. The lowest BCUT2D eigenvalue weighted by molar-refractivity contribution is 0.504. The lowest BCUT2D eigenvalue weighted by Gasteiger charge is -2.18. The van der Waals surface area contributed by atoms with E-state index in [9.17, 15) is 8.78 Å². The van der Waals surface area contributed by atoms with Crippen LogP contribution in [0.4, 0.5) is 8.78 Å². The molecule has 88 valence electrons. The van der Waals surface area contributed by atoms with E-state index in [4.69, 9.17) is 0 Å². The third-order valence-corrected chi connectivity index (χ3v) is 3.68. The highest BCUT2D eigenvalue weighted by molar-refractivity contribution is 5.35. The molecule has 1 aliphatic carbocycles. The van der Waals surface area contributed by atoms with E-state index in [1.165, 1.54) is 6.07 Å². The van der Waals surface area contributed by atoms with Gasteiger partial charge < -0.3 is 5.32 Å². The van der Waals surface area contributed by atoms with Crippen molar-refractivity contribution < 1.29 is 8.78 Å². The van der Waals surface area contributed by atoms with Crippen molar-refractivity contribution in [3.8, 4) is 0 Å². The molecule has 1 fully saturated rings. The van der Waals surface area contributed by atoms with Gasteiger partial charge >= 0.3 is 0 Å². The van der Waals surface area contributed by atoms with Gasteiger partial charge in [0.25, 0.3) is 0 Å². The van der Waals surface area contributed by atoms with Gasteiger partial charge in [0, 0.05) is 18.0 Å². The molecule has 16 heavy (non-hydrogen) atoms. The molecule has 0 heterocycles. The molecule has 1 saturated carbocycles. The molecule has 0 amide bonds. The van der Waals surface area contributed by atoms with Crippen molar-refractivity contribution in [2.45, 2.75) is 25.2 Å². The van der Waals surface area contributed by atoms with Crippen LogP contribution in [-0.2, 0) is 5.41 Å². The highest BCUT2D eigenvalue weighted by Crippen LogP contribution is 2.56. The summed E-state index contributed by atoms with van der Waals surface area (Å²) in [6.45, 7) is 2.87. The molecule has 1 aromatic rings. The van der Waals surface area contributed by atoms with Crippen LogP contribution in [0.2, 0.25) is 0 Å². The first-order valence-electron chi connectivity index (χ1n) is 5.74. The van der Waals surface area contributed by atoms with Gasteiger partial charge in [0.05, 0.1) is 0 Å². The lowest BCUT2D eigenvalue weighted by Crippen LogP contribution is -2.26. The van der Waals surface area contributed by atoms with Crippen molar-refractivity contribution in [3.63, 3.8) is 0 Å². The van der Waals surface area contributed by atoms with E-state index in [2.05, 4.69) is 12.2 Å². The summed E-state index contributed by atoms with van der Waals surface area (Å²) in [6, 6.07) is 3.93. The Labute approximate surface area is 94.9 Å². The summed E-state index contributed by atoms with van der Waals surface area (Å²) in [4.78, 5) is 0. The molecule has 1 N–H and O–H groups in total. The molecule has 1 aromatic carbocycles. The molecule has 1 nitrogen and oxygen atoms in total. The van der Waals surface area contributed by atoms with E-state index in [0.717, 1.165) is 25.5 Å². The minimum absolute atomic E-state index is 0.110. The van der Waals surface area contributed by atoms with Gasteiger partial charge in [0.1, 0.15) is 11.6 Å². The molecule has 0 bridgehead atoms. The van der Waals surface area contributed by atoms with Crippen LogP contribution in [0, 0.1) is 17.6 Å². The van der Waals surface area contributed by atoms with Crippen LogP contribution in [0.25, 0.3) is 0 Å². The van der Waals surface area contributed by atoms with Crippen molar-refractivity contribution in [1.82, 2.24) is 5.32 Å². The lowest BCUT2D eigenvalue weighted by atomic mass is 9.91. The molecule has 2 rings (SSSR count). The van der Waals surface area contributed by atoms with Gasteiger partial charge in [0.2, 0.25) is 0 Å². The number of nitrogens with one attached hydrogen (secondary N) is 1. The van der Waals surface area contributed by atoms with Gasteiger partial charge in [-0.25, -0.2) is 8.78 Å². The van der Waals surface area contributed by atoms with Crippen LogP contribution in [0.1, 0.15) is 25.3 Å². The fraction of sp³-hybridized carbons (Fsp3) is 0.538. The summed E-state index contributed by atoms with van der Waals surface area (Å²) in [5.41, 5.74) is 0.552. The summed E-state index contributed by atoms with van der Waals surface area (Å²) in [6.07, 6.45) is 2.03. The normalized spacial score (nSPS) is 28.1. The van der Waals surface area contributed by atoms with Gasteiger partial charge in [-0.2, -0.15) is 0 Å². The van der Waals surface area contributed by atoms with Crippen LogP contribution >= 0.6 is 0 Å². The Morgan fingerprint density at radius 3 is 2.69 bits per heavy atom. The summed E-state index contributed by atoms with van der Waals surface area (Å²) < 4.78 is 26.6. The number of hydrogen-bond acceptors (Lipinski definition) is 1. The van der Waals surface area contributed by atoms with Crippen LogP contribution in [-0.4, -0.2) is 13.6 Å². The van der Waals surface area contributed by atoms with Crippen molar-refractivity contribution in [1.29, 1.82) is 0 Å². The fourth-order valence-corrected chi connectivity index (χ4v) is 2.77. The van der Waals surface area contributed by atoms with E-state index in [0.29, 0.717) is 11.5 Å². The topological polar surface area (TPSA) is 12.0 Å². The van der Waals surface area contributed by atoms with Gasteiger partial charge in [-0.1, -0.05) is 19.4 Å². The quantitative estimate of drug-likeness (QED) is 0.830. The van der Waals surface area contributed by atoms with Crippen molar-refractivity contribution >= 4 is 0 Å². The summed E-state index contributed by atoms with van der Waals surface area (Å²) in [5, 5.41) is 3.11. The Bertz CT molecular complexity index is 392. The number of likely N-dealkylation sites (N-methyl/N-ethyl adjacent to an activating group) is 1. The molecule has 2 unspecified atom stereocenters. The van der Waals surface area contributed by atoms with E-state index in [1.54, 1.807) is 6.07 Å². The van der Waals surface area contributed by atoms with Gasteiger partial charge in [0.15, 0.2) is 0 Å². The van der Waals surface area contributed by atoms with Crippen LogP contribution < -0.4 is 5.32 Å². The maximum Gasteiger partial charge on any atom is 0.129 e. The van der Waals surface area contributed by atoms with E-state index in [1.807, 2.05) is 7.05 Å². The summed E-state index contributed by atoms with van der Waals surface area (Å²) in [7, 11) is 1.87. The zero-order chi connectivity index (χ0) is 11.8. The first-order valence-corrected chi connectivity index (χ1v) is 5.74. The highest BCUT2D eigenvalue weighted by atomic mass is 19.1. The predicted octanol–water partition coefficient (Wildman–Crippen LogP) is 2.85. The molecule has 3 heteroatoms. The first kappa shape index (κ1) is 11.5. The molecular weight excluding hydrogens is 208 g/mol. The molecule has 0 aromatic heterocycles. The summed E-state index contributed by atoms with van der Waals surface area (Å²) >= 11 is 0. The maximum absolute atomic E-state index is 13.8. The van der Waals surface area contributed by atoms with E-state index >= 15 is 0 Å². The third kappa shape index (κ3) is 1.73. The van der Waals surface area contributed by atoms with Crippen LogP contribution in [0.5, 0.6) is 0 Å². The number of benzene rings is 1. The monoisotopic (exact) mass is 225 g/mol. The zero-order valence-electron chi connectivity index (χ0n) is 9.69. The smallest absolute Gasteiger partial charge is 0.129 e. The Morgan fingerprint density at radius 2 is 2.19 bits per heavy atom. The minimum Gasteiger partial charge on any atom is -0.319 e. The van der Waals surface area contributed by atoms with Gasteiger partial charge in [-0.3, -0.25) is 0 Å². The van der Waals surface area contributed by atoms with Crippen molar-refractivity contribution in [2.75, 3.05) is 13.6 Å². The minimum atomic E-state index is -0.505. The molecule has 0 radical (unpaired) electrons. The molecule has 2 atom stereocenters. The van der Waals surface area contributed by atoms with Gasteiger partial charge in [-0.15, -0.1) is 0 Å². The van der Waals surface area contributed by atoms with Crippen molar-refractivity contribution in [2.24, 2.45) is 5.92 Å². The Morgan fingerprint density at radius 1 is 1.44 bits per heavy atom. The fourth-order valence-electron chi connectivity index (χ4n) is 2.77. The maximum atomic E-state index is 13.8. The standard InChI is InChI=1S/C13H17F2N/c1-3-9-7-13(9,8-16-2)11-5-4-10(14)6-12(11)15/h4-6,9,16H,3,7-8H2,1-2H3. The average molecular weight is 225 g/mol. The van der Waals surface area contributed by atoms with Crippen LogP contribution in [0.15, 0.2) is 18.2 Å². The summed E-state index contributed by atoms with van der Waals surface area (Å²) in [5.74, 6) is -0.402. The average Bonchev–Trinajstić information content (AvgIpc) is 2.93. The second-order valence-corrected chi connectivity index (χ2v) is 4.62. The molecule has 0 aliphatic heterocycles. The molecular formula is C13H17F2N. The van der Waals surface area contributed by atoms with Gasteiger partial charge in [-0.05, 0) is 31.0 Å². The second kappa shape index (κ2) is 4.13. The highest BCUT2D eigenvalue weighted by Gasteiger charge is 2.54. The number of halogens is 2. The SMILES string of the molecule is CCC1CC1(CNC)c1ccc(F)cc1F. The Kier molecular flexibility index (Phi) is 2.98. The Balaban J connectivity index is 2.34. The first-order chi connectivity index (χ1) is 7.64. The van der Waals surface area contributed by atoms with E-state index < -0.39 is 11.6 Å². The van der Waals surface area contributed by atoms with Crippen molar-refractivity contribution in [3.05, 3.63) is 35.4 Å². The molecule has 0 spiro atoms. The van der Waals surface area contributed by atoms with Crippen LogP contribution in [0.3, 0.4) is 0 Å². The predicted molar refractivity (Wildman–Crippen MR) is 60.4 cm³/mol. The molecule has 0 saturated heterocycles. The second-order valence-electron chi connectivity index (χ2n) is 4.62. The number of hydrogen-bond donors (Lipinski definition) is 1. The van der Waals surface area contributed by atoms with E-state index in [-0.39, 0.29) is 5.41 Å². The Hall–Kier alpha value is -0.960. The molecule has 1 aliphatic rings. The zero-order valence-corrected chi connectivity index (χ0v) is 9.69.